The fraction of sp³-hybridized carbons (Fsp3) is 0.913. The molecule has 2 N–H and O–H groups in total. The number of urea groups is 1. The molecule has 2 saturated heterocycles. The number of rotatable bonds is 7. The molecule has 29 heavy (non-hydrogen) atoms. The number of carbonyl (C=O) groups excluding carboxylic acids is 2. The van der Waals surface area contributed by atoms with Gasteiger partial charge in [-0.1, -0.05) is 39.0 Å². The molecule has 1 aliphatic carbocycles. The highest BCUT2D eigenvalue weighted by Gasteiger charge is 2.29. The van der Waals surface area contributed by atoms with Crippen molar-refractivity contribution in [3.05, 3.63) is 0 Å². The Morgan fingerprint density at radius 1 is 0.897 bits per heavy atom. The molecule has 166 valence electrons. The Kier molecular flexibility index (Phi) is 9.09. The van der Waals surface area contributed by atoms with E-state index in [9.17, 15) is 9.59 Å². The second-order valence-corrected chi connectivity index (χ2v) is 9.33. The van der Waals surface area contributed by atoms with Crippen molar-refractivity contribution >= 4 is 11.9 Å². The standard InChI is InChI=1S/C23H42N4O2/c1-2-3-14-26-15-8-7-11-21(26)18-24-23(29)25-20-12-16-27(17-13-20)22(28)19-9-5-4-6-10-19/h19-21H,2-18H2,1H3,(H2,24,25,29). The van der Waals surface area contributed by atoms with Crippen molar-refractivity contribution in [3.8, 4) is 0 Å². The maximum absolute atomic E-state index is 12.7. The van der Waals surface area contributed by atoms with E-state index >= 15 is 0 Å². The van der Waals surface area contributed by atoms with Crippen LogP contribution < -0.4 is 10.6 Å². The number of likely N-dealkylation sites (tertiary alicyclic amines) is 2. The van der Waals surface area contributed by atoms with Crippen molar-refractivity contribution in [2.45, 2.75) is 96.1 Å². The zero-order valence-electron chi connectivity index (χ0n) is 18.5. The second kappa shape index (κ2) is 11.8. The molecule has 0 bridgehead atoms. The first-order chi connectivity index (χ1) is 14.2. The summed E-state index contributed by atoms with van der Waals surface area (Å²) in [5, 5.41) is 6.27. The molecule has 3 rings (SSSR count). The van der Waals surface area contributed by atoms with Crippen molar-refractivity contribution in [1.29, 1.82) is 0 Å². The molecule has 1 unspecified atom stereocenters. The Hall–Kier alpha value is -1.30. The predicted molar refractivity (Wildman–Crippen MR) is 117 cm³/mol. The summed E-state index contributed by atoms with van der Waals surface area (Å²) in [5.74, 6) is 0.611. The minimum atomic E-state index is -0.0388. The summed E-state index contributed by atoms with van der Waals surface area (Å²) in [5.41, 5.74) is 0. The Morgan fingerprint density at radius 3 is 2.34 bits per heavy atom. The smallest absolute Gasteiger partial charge is 0.315 e. The van der Waals surface area contributed by atoms with Gasteiger partial charge in [0.25, 0.3) is 0 Å². The maximum atomic E-state index is 12.7. The lowest BCUT2D eigenvalue weighted by Crippen LogP contribution is -2.52. The topological polar surface area (TPSA) is 64.7 Å². The van der Waals surface area contributed by atoms with E-state index in [1.165, 1.54) is 57.9 Å². The highest BCUT2D eigenvalue weighted by Crippen LogP contribution is 2.26. The fourth-order valence-electron chi connectivity index (χ4n) is 5.25. The Labute approximate surface area is 177 Å². The lowest BCUT2D eigenvalue weighted by Gasteiger charge is -2.37. The molecule has 2 heterocycles. The number of hydrogen-bond donors (Lipinski definition) is 2. The van der Waals surface area contributed by atoms with Crippen molar-refractivity contribution in [2.75, 3.05) is 32.7 Å². The minimum Gasteiger partial charge on any atom is -0.342 e. The molecule has 6 heteroatoms. The van der Waals surface area contributed by atoms with E-state index in [4.69, 9.17) is 0 Å². The maximum Gasteiger partial charge on any atom is 0.315 e. The first-order valence-corrected chi connectivity index (χ1v) is 12.2. The van der Waals surface area contributed by atoms with Gasteiger partial charge in [0.15, 0.2) is 0 Å². The van der Waals surface area contributed by atoms with Gasteiger partial charge in [-0.05, 0) is 58.0 Å². The average molecular weight is 407 g/mol. The van der Waals surface area contributed by atoms with Crippen LogP contribution in [0.2, 0.25) is 0 Å². The monoisotopic (exact) mass is 406 g/mol. The minimum absolute atomic E-state index is 0.0388. The van der Waals surface area contributed by atoms with Crippen LogP contribution in [-0.2, 0) is 4.79 Å². The molecule has 2 aliphatic heterocycles. The predicted octanol–water partition coefficient (Wildman–Crippen LogP) is 3.51. The van der Waals surface area contributed by atoms with E-state index in [-0.39, 0.29) is 18.0 Å². The van der Waals surface area contributed by atoms with Gasteiger partial charge in [0.1, 0.15) is 0 Å². The van der Waals surface area contributed by atoms with Gasteiger partial charge < -0.3 is 15.5 Å². The van der Waals surface area contributed by atoms with Crippen LogP contribution in [0.15, 0.2) is 0 Å². The SMILES string of the molecule is CCCCN1CCCCC1CNC(=O)NC1CCN(C(=O)C2CCCCC2)CC1. The number of piperidine rings is 2. The van der Waals surface area contributed by atoms with Gasteiger partial charge >= 0.3 is 6.03 Å². The Morgan fingerprint density at radius 2 is 1.62 bits per heavy atom. The van der Waals surface area contributed by atoms with E-state index in [1.807, 2.05) is 4.90 Å². The first-order valence-electron chi connectivity index (χ1n) is 12.2. The molecular formula is C23H42N4O2. The molecule has 3 fully saturated rings. The van der Waals surface area contributed by atoms with Gasteiger partial charge in [-0.2, -0.15) is 0 Å². The van der Waals surface area contributed by atoms with Gasteiger partial charge in [0.05, 0.1) is 0 Å². The molecular weight excluding hydrogens is 364 g/mol. The number of unbranched alkanes of at least 4 members (excludes halogenated alkanes) is 1. The first kappa shape index (κ1) is 22.4. The molecule has 0 aromatic carbocycles. The quantitative estimate of drug-likeness (QED) is 0.680. The highest BCUT2D eigenvalue weighted by molar-refractivity contribution is 5.79. The lowest BCUT2D eigenvalue weighted by molar-refractivity contribution is -0.137. The summed E-state index contributed by atoms with van der Waals surface area (Å²) in [7, 11) is 0. The van der Waals surface area contributed by atoms with E-state index in [0.29, 0.717) is 11.9 Å². The highest BCUT2D eigenvalue weighted by atomic mass is 16.2. The summed E-state index contributed by atoms with van der Waals surface area (Å²) in [6.07, 6.45) is 13.8. The molecule has 0 aromatic heterocycles. The molecule has 1 saturated carbocycles. The zero-order valence-corrected chi connectivity index (χ0v) is 18.5. The van der Waals surface area contributed by atoms with E-state index in [0.717, 1.165) is 51.9 Å². The lowest BCUT2D eigenvalue weighted by atomic mass is 9.87. The number of amides is 3. The van der Waals surface area contributed by atoms with Crippen molar-refractivity contribution in [1.82, 2.24) is 20.4 Å². The largest absolute Gasteiger partial charge is 0.342 e. The van der Waals surface area contributed by atoms with Gasteiger partial charge in [-0.25, -0.2) is 4.79 Å². The van der Waals surface area contributed by atoms with E-state index < -0.39 is 0 Å². The third-order valence-electron chi connectivity index (χ3n) is 7.14. The Bertz CT molecular complexity index is 513. The van der Waals surface area contributed by atoms with Gasteiger partial charge in [-0.15, -0.1) is 0 Å². The molecule has 0 radical (unpaired) electrons. The van der Waals surface area contributed by atoms with Crippen LogP contribution in [0.3, 0.4) is 0 Å². The summed E-state index contributed by atoms with van der Waals surface area (Å²) in [6, 6.07) is 0.632. The summed E-state index contributed by atoms with van der Waals surface area (Å²) in [6.45, 7) is 6.87. The third-order valence-corrected chi connectivity index (χ3v) is 7.14. The van der Waals surface area contributed by atoms with Gasteiger partial charge in [0, 0.05) is 37.6 Å². The van der Waals surface area contributed by atoms with Crippen molar-refractivity contribution in [3.63, 3.8) is 0 Å². The molecule has 0 spiro atoms. The number of nitrogens with zero attached hydrogens (tertiary/aromatic N) is 2. The van der Waals surface area contributed by atoms with Crippen LogP contribution in [-0.4, -0.2) is 66.5 Å². The summed E-state index contributed by atoms with van der Waals surface area (Å²) in [4.78, 5) is 29.7. The molecule has 1 atom stereocenters. The normalized spacial score (nSPS) is 25.0. The van der Waals surface area contributed by atoms with Crippen LogP contribution in [0.5, 0.6) is 0 Å². The van der Waals surface area contributed by atoms with Crippen molar-refractivity contribution < 1.29 is 9.59 Å². The number of hydrogen-bond acceptors (Lipinski definition) is 3. The molecule has 6 nitrogen and oxygen atoms in total. The van der Waals surface area contributed by atoms with Crippen LogP contribution in [0.1, 0.15) is 84.0 Å². The second-order valence-electron chi connectivity index (χ2n) is 9.33. The van der Waals surface area contributed by atoms with Crippen LogP contribution in [0, 0.1) is 5.92 Å². The fourth-order valence-corrected chi connectivity index (χ4v) is 5.25. The number of nitrogens with one attached hydrogen (secondary N) is 2. The Balaban J connectivity index is 1.34. The number of carbonyl (C=O) groups is 2. The molecule has 0 aromatic rings. The summed E-state index contributed by atoms with van der Waals surface area (Å²) < 4.78 is 0. The third kappa shape index (κ3) is 6.87. The van der Waals surface area contributed by atoms with E-state index in [2.05, 4.69) is 22.5 Å². The molecule has 3 amide bonds. The van der Waals surface area contributed by atoms with E-state index in [1.54, 1.807) is 0 Å². The van der Waals surface area contributed by atoms with Gasteiger partial charge in [-0.3, -0.25) is 9.69 Å². The average Bonchev–Trinajstić information content (AvgIpc) is 2.77. The molecule has 3 aliphatic rings. The van der Waals surface area contributed by atoms with Crippen LogP contribution in [0.4, 0.5) is 4.79 Å². The zero-order chi connectivity index (χ0) is 20.5. The summed E-state index contributed by atoms with van der Waals surface area (Å²) >= 11 is 0. The van der Waals surface area contributed by atoms with Crippen LogP contribution >= 0.6 is 0 Å². The van der Waals surface area contributed by atoms with Gasteiger partial charge in [0.2, 0.25) is 5.91 Å². The van der Waals surface area contributed by atoms with Crippen molar-refractivity contribution in [2.24, 2.45) is 5.92 Å². The van der Waals surface area contributed by atoms with Crippen LogP contribution in [0.25, 0.3) is 0 Å².